The Labute approximate surface area is 150 Å². The number of hydrogen-bond acceptors (Lipinski definition) is 4. The van der Waals surface area contributed by atoms with E-state index < -0.39 is 0 Å². The van der Waals surface area contributed by atoms with Crippen molar-refractivity contribution >= 4 is 5.91 Å². The molecule has 6 heteroatoms. The van der Waals surface area contributed by atoms with E-state index in [-0.39, 0.29) is 5.91 Å². The summed E-state index contributed by atoms with van der Waals surface area (Å²) in [6.07, 6.45) is 10.3. The van der Waals surface area contributed by atoms with Gasteiger partial charge >= 0.3 is 0 Å². The van der Waals surface area contributed by atoms with E-state index in [9.17, 15) is 4.79 Å². The van der Waals surface area contributed by atoms with Crippen molar-refractivity contribution in [1.29, 1.82) is 0 Å². The maximum atomic E-state index is 11.7. The highest BCUT2D eigenvalue weighted by molar-refractivity contribution is 5.73. The molecule has 1 amide bonds. The number of likely N-dealkylation sites (tertiary alicyclic amines) is 1. The molecule has 1 saturated heterocycles. The van der Waals surface area contributed by atoms with Crippen molar-refractivity contribution in [3.8, 4) is 0 Å². The van der Waals surface area contributed by atoms with E-state index >= 15 is 0 Å². The molecule has 0 spiro atoms. The summed E-state index contributed by atoms with van der Waals surface area (Å²) in [6.45, 7) is 6.48. The average Bonchev–Trinajstić information content (AvgIpc) is 3.16. The minimum atomic E-state index is 0.167. The summed E-state index contributed by atoms with van der Waals surface area (Å²) in [5.41, 5.74) is 0. The number of carbonyl (C=O) groups is 1. The molecule has 0 radical (unpaired) electrons. The molecule has 6 nitrogen and oxygen atoms in total. The van der Waals surface area contributed by atoms with Crippen molar-refractivity contribution in [3.63, 3.8) is 0 Å². The number of fused-ring (bicyclic) bond motifs is 1. The molecule has 1 atom stereocenters. The van der Waals surface area contributed by atoms with Gasteiger partial charge in [0.25, 0.3) is 0 Å². The smallest absolute Gasteiger partial charge is 0.219 e. The van der Waals surface area contributed by atoms with Crippen LogP contribution in [0.2, 0.25) is 0 Å². The molecule has 1 saturated carbocycles. The van der Waals surface area contributed by atoms with Crippen LogP contribution in [0.5, 0.6) is 0 Å². The van der Waals surface area contributed by atoms with Crippen LogP contribution in [0, 0.1) is 5.92 Å². The lowest BCUT2D eigenvalue weighted by molar-refractivity contribution is -0.128. The Morgan fingerprint density at radius 3 is 2.64 bits per heavy atom. The van der Waals surface area contributed by atoms with Gasteiger partial charge in [0.2, 0.25) is 5.91 Å². The highest BCUT2D eigenvalue weighted by Gasteiger charge is 2.33. The fourth-order valence-corrected chi connectivity index (χ4v) is 4.95. The summed E-state index contributed by atoms with van der Waals surface area (Å²) in [5.74, 6) is 3.24. The van der Waals surface area contributed by atoms with E-state index in [1.54, 1.807) is 6.92 Å². The van der Waals surface area contributed by atoms with Gasteiger partial charge in [-0.1, -0.05) is 19.3 Å². The lowest BCUT2D eigenvalue weighted by Gasteiger charge is -2.30. The predicted molar refractivity (Wildman–Crippen MR) is 96.1 cm³/mol. The molecule has 3 aliphatic rings. The Bertz CT molecular complexity index is 607. The molecule has 4 rings (SSSR count). The molecule has 1 aromatic rings. The number of aromatic nitrogens is 3. The molecule has 1 unspecified atom stereocenters. The lowest BCUT2D eigenvalue weighted by atomic mass is 9.89. The van der Waals surface area contributed by atoms with Gasteiger partial charge in [0.1, 0.15) is 11.6 Å². The van der Waals surface area contributed by atoms with Gasteiger partial charge in [-0.05, 0) is 38.1 Å². The molecule has 0 bridgehead atoms. The van der Waals surface area contributed by atoms with E-state index in [1.165, 1.54) is 58.0 Å². The number of carbonyl (C=O) groups excluding carboxylic acids is 1. The van der Waals surface area contributed by atoms with Crippen LogP contribution in [0.3, 0.4) is 0 Å². The van der Waals surface area contributed by atoms with Crippen LogP contribution in [0.1, 0.15) is 69.6 Å². The van der Waals surface area contributed by atoms with Crippen molar-refractivity contribution < 1.29 is 4.79 Å². The van der Waals surface area contributed by atoms with Gasteiger partial charge in [-0.3, -0.25) is 9.69 Å². The van der Waals surface area contributed by atoms with Crippen LogP contribution in [0.4, 0.5) is 0 Å². The second kappa shape index (κ2) is 7.44. The summed E-state index contributed by atoms with van der Waals surface area (Å²) in [6, 6.07) is 0.423. The summed E-state index contributed by atoms with van der Waals surface area (Å²) in [7, 11) is 0. The number of amides is 1. The van der Waals surface area contributed by atoms with Crippen LogP contribution in [-0.4, -0.2) is 56.7 Å². The van der Waals surface area contributed by atoms with Crippen molar-refractivity contribution in [1.82, 2.24) is 24.6 Å². The van der Waals surface area contributed by atoms with E-state index in [0.717, 1.165) is 43.6 Å². The summed E-state index contributed by atoms with van der Waals surface area (Å²) < 4.78 is 2.31. The monoisotopic (exact) mass is 345 g/mol. The number of nitrogens with zero attached hydrogens (tertiary/aromatic N) is 5. The molecule has 138 valence electrons. The van der Waals surface area contributed by atoms with Crippen LogP contribution in [0.15, 0.2) is 0 Å². The number of hydrogen-bond donors (Lipinski definition) is 0. The maximum Gasteiger partial charge on any atom is 0.219 e. The summed E-state index contributed by atoms with van der Waals surface area (Å²) >= 11 is 0. The van der Waals surface area contributed by atoms with Crippen molar-refractivity contribution in [2.24, 2.45) is 5.92 Å². The Hall–Kier alpha value is -1.43. The van der Waals surface area contributed by atoms with Gasteiger partial charge in [0.15, 0.2) is 0 Å². The normalized spacial score (nSPS) is 25.8. The zero-order valence-electron chi connectivity index (χ0n) is 15.5. The fourth-order valence-electron chi connectivity index (χ4n) is 4.95. The molecule has 1 aliphatic carbocycles. The minimum Gasteiger partial charge on any atom is -0.341 e. The fraction of sp³-hybridized carbons (Fsp3) is 0.842. The lowest BCUT2D eigenvalue weighted by Crippen LogP contribution is -2.33. The molecule has 0 aromatic carbocycles. The number of rotatable bonds is 3. The standard InChI is InChI=1S/C19H31N5O/c1-15(25)22-11-9-18-20-21-19(24(18)13-12-22)17-8-5-10-23(17)14-16-6-3-2-4-7-16/h16-17H,2-14H2,1H3. The van der Waals surface area contributed by atoms with E-state index in [4.69, 9.17) is 0 Å². The zero-order chi connectivity index (χ0) is 17.2. The first-order valence-corrected chi connectivity index (χ1v) is 10.1. The quantitative estimate of drug-likeness (QED) is 0.844. The first-order chi connectivity index (χ1) is 12.2. The third-order valence-corrected chi connectivity index (χ3v) is 6.38. The largest absolute Gasteiger partial charge is 0.341 e. The van der Waals surface area contributed by atoms with Crippen LogP contribution >= 0.6 is 0 Å². The van der Waals surface area contributed by atoms with Gasteiger partial charge in [0, 0.05) is 39.5 Å². The highest BCUT2D eigenvalue weighted by atomic mass is 16.2. The van der Waals surface area contributed by atoms with Gasteiger partial charge in [0.05, 0.1) is 6.04 Å². The van der Waals surface area contributed by atoms with Gasteiger partial charge < -0.3 is 9.47 Å². The van der Waals surface area contributed by atoms with Crippen molar-refractivity contribution in [2.45, 2.75) is 70.9 Å². The second-order valence-corrected chi connectivity index (χ2v) is 8.04. The first kappa shape index (κ1) is 17.0. The van der Waals surface area contributed by atoms with E-state index in [1.807, 2.05) is 4.90 Å². The molecular formula is C19H31N5O. The van der Waals surface area contributed by atoms with Crippen LogP contribution < -0.4 is 0 Å². The Morgan fingerprint density at radius 1 is 1.00 bits per heavy atom. The van der Waals surface area contributed by atoms with Crippen LogP contribution in [0.25, 0.3) is 0 Å². The first-order valence-electron chi connectivity index (χ1n) is 10.1. The Morgan fingerprint density at radius 2 is 1.84 bits per heavy atom. The van der Waals surface area contributed by atoms with Gasteiger partial charge in [-0.25, -0.2) is 0 Å². The zero-order valence-corrected chi connectivity index (χ0v) is 15.5. The second-order valence-electron chi connectivity index (χ2n) is 8.04. The van der Waals surface area contributed by atoms with E-state index in [2.05, 4.69) is 19.7 Å². The van der Waals surface area contributed by atoms with Gasteiger partial charge in [-0.2, -0.15) is 0 Å². The molecule has 2 aliphatic heterocycles. The summed E-state index contributed by atoms with van der Waals surface area (Å²) in [4.78, 5) is 16.3. The maximum absolute atomic E-state index is 11.7. The molecular weight excluding hydrogens is 314 g/mol. The Balaban J connectivity index is 1.48. The topological polar surface area (TPSA) is 54.3 Å². The average molecular weight is 345 g/mol. The molecule has 1 aromatic heterocycles. The van der Waals surface area contributed by atoms with E-state index in [0.29, 0.717) is 6.04 Å². The van der Waals surface area contributed by atoms with Crippen LogP contribution in [-0.2, 0) is 17.8 Å². The highest BCUT2D eigenvalue weighted by Crippen LogP contribution is 2.34. The SMILES string of the molecule is CC(=O)N1CCc2nnc(C3CCCN3CC3CCCCC3)n2CC1. The minimum absolute atomic E-state index is 0.167. The molecule has 2 fully saturated rings. The Kier molecular flexibility index (Phi) is 5.06. The van der Waals surface area contributed by atoms with Gasteiger partial charge in [-0.15, -0.1) is 10.2 Å². The van der Waals surface area contributed by atoms with Crippen molar-refractivity contribution in [2.75, 3.05) is 26.2 Å². The third-order valence-electron chi connectivity index (χ3n) is 6.38. The summed E-state index contributed by atoms with van der Waals surface area (Å²) in [5, 5.41) is 9.09. The van der Waals surface area contributed by atoms with Crippen molar-refractivity contribution in [3.05, 3.63) is 11.6 Å². The molecule has 25 heavy (non-hydrogen) atoms. The predicted octanol–water partition coefficient (Wildman–Crippen LogP) is 2.40. The molecule has 0 N–H and O–H groups in total. The molecule has 3 heterocycles. The third kappa shape index (κ3) is 3.59.